The molecule has 1 aromatic heterocycles. The molecule has 2 heterocycles. The van der Waals surface area contributed by atoms with E-state index < -0.39 is 11.9 Å². The van der Waals surface area contributed by atoms with Gasteiger partial charge in [0.1, 0.15) is 17.6 Å². The minimum atomic E-state index is -0.847. The van der Waals surface area contributed by atoms with Gasteiger partial charge < -0.3 is 19.5 Å². The van der Waals surface area contributed by atoms with Crippen LogP contribution in [0.1, 0.15) is 17.2 Å². The normalized spacial score (nSPS) is 16.9. The lowest BCUT2D eigenvalue weighted by Gasteiger charge is -2.34. The number of aliphatic hydroxyl groups excluding tert-OH is 1. The van der Waals surface area contributed by atoms with Crippen molar-refractivity contribution >= 4 is 17.4 Å². The van der Waals surface area contributed by atoms with Crippen LogP contribution in [0.2, 0.25) is 5.02 Å². The number of benzene rings is 1. The maximum absolute atomic E-state index is 14.1. The number of nitrogens with zero attached hydrogens (tertiary/aromatic N) is 2. The molecule has 3 rings (SSSR count). The number of rotatable bonds is 3. The van der Waals surface area contributed by atoms with Crippen molar-refractivity contribution in [1.82, 2.24) is 4.98 Å². The van der Waals surface area contributed by atoms with Gasteiger partial charge in [0.25, 0.3) is 0 Å². The van der Waals surface area contributed by atoms with E-state index >= 15 is 0 Å². The number of aliphatic hydroxyl groups is 1. The van der Waals surface area contributed by atoms with Gasteiger partial charge >= 0.3 is 0 Å². The van der Waals surface area contributed by atoms with Gasteiger partial charge in [-0.3, -0.25) is 0 Å². The molecular weight excluding hydrogens is 323 g/mol. The van der Waals surface area contributed by atoms with Gasteiger partial charge in [-0.05, 0) is 18.2 Å². The second-order valence-electron chi connectivity index (χ2n) is 5.22. The number of β-amino-alcohol motifs (C(OH)–C–C–N with tert-alkyl or cyclic N) is 1. The molecule has 5 nitrogen and oxygen atoms in total. The summed E-state index contributed by atoms with van der Waals surface area (Å²) in [7, 11) is 3.09. The Hall–Kier alpha value is -2.05. The summed E-state index contributed by atoms with van der Waals surface area (Å²) in [6, 6.07) is 4.71. The van der Waals surface area contributed by atoms with Crippen molar-refractivity contribution in [3.8, 4) is 11.5 Å². The Morgan fingerprint density at radius 1 is 1.30 bits per heavy atom. The third kappa shape index (κ3) is 2.80. The van der Waals surface area contributed by atoms with Gasteiger partial charge in [0.05, 0.1) is 25.8 Å². The third-order valence-electron chi connectivity index (χ3n) is 3.88. The predicted octanol–water partition coefficient (Wildman–Crippen LogP) is 2.94. The quantitative estimate of drug-likeness (QED) is 0.932. The van der Waals surface area contributed by atoms with E-state index in [1.165, 1.54) is 12.3 Å². The van der Waals surface area contributed by atoms with Gasteiger partial charge in [0.15, 0.2) is 11.6 Å². The highest BCUT2D eigenvalue weighted by Gasteiger charge is 2.31. The van der Waals surface area contributed by atoms with Crippen molar-refractivity contribution in [2.45, 2.75) is 12.6 Å². The highest BCUT2D eigenvalue weighted by Crippen LogP contribution is 2.40. The van der Waals surface area contributed by atoms with Crippen molar-refractivity contribution in [3.63, 3.8) is 0 Å². The second-order valence-corrected chi connectivity index (χ2v) is 5.65. The monoisotopic (exact) mass is 338 g/mol. The van der Waals surface area contributed by atoms with Gasteiger partial charge in [-0.15, -0.1) is 0 Å². The average Bonchev–Trinajstić information content (AvgIpc) is 2.53. The van der Waals surface area contributed by atoms with Crippen LogP contribution in [0.3, 0.4) is 0 Å². The first kappa shape index (κ1) is 15.8. The van der Waals surface area contributed by atoms with Crippen molar-refractivity contribution in [3.05, 3.63) is 46.4 Å². The molecule has 0 aliphatic carbocycles. The van der Waals surface area contributed by atoms with Gasteiger partial charge in [-0.25, -0.2) is 9.37 Å². The van der Waals surface area contributed by atoms with Crippen LogP contribution in [0, 0.1) is 5.82 Å². The number of hydrogen-bond acceptors (Lipinski definition) is 5. The van der Waals surface area contributed by atoms with Crippen molar-refractivity contribution in [2.75, 3.05) is 25.7 Å². The van der Waals surface area contributed by atoms with E-state index in [1.807, 2.05) is 0 Å². The van der Waals surface area contributed by atoms with E-state index in [-0.39, 0.29) is 17.4 Å². The van der Waals surface area contributed by atoms with Crippen LogP contribution in [0.15, 0.2) is 24.4 Å². The molecule has 122 valence electrons. The van der Waals surface area contributed by atoms with Gasteiger partial charge in [0, 0.05) is 23.9 Å². The number of aromatic nitrogens is 1. The molecule has 23 heavy (non-hydrogen) atoms. The number of methoxy groups -OCH3 is 2. The highest BCUT2D eigenvalue weighted by atomic mass is 35.5. The first-order valence-corrected chi connectivity index (χ1v) is 7.40. The number of anilines is 1. The zero-order valence-electron chi connectivity index (χ0n) is 12.7. The molecule has 0 unspecified atom stereocenters. The number of fused-ring (bicyclic) bond motifs is 1. The average molecular weight is 339 g/mol. The molecule has 0 bridgehead atoms. The maximum atomic E-state index is 14.1. The molecule has 1 atom stereocenters. The summed E-state index contributed by atoms with van der Waals surface area (Å²) < 4.78 is 24.8. The standard InChI is InChI=1S/C16H16ClFN2O3/c1-22-13-3-4-14(23-2)15-10(13)7-20(8-12(15)21)16-11(18)5-9(17)6-19-16/h3-6,12,21H,7-8H2,1-2H3/t12-/m0/s1. The predicted molar refractivity (Wildman–Crippen MR) is 84.8 cm³/mol. The number of ether oxygens (including phenoxy) is 2. The van der Waals surface area contributed by atoms with Crippen LogP contribution >= 0.6 is 11.6 Å². The molecule has 0 saturated carbocycles. The fourth-order valence-corrected chi connectivity index (χ4v) is 3.02. The molecule has 2 aromatic rings. The third-order valence-corrected chi connectivity index (χ3v) is 4.08. The number of pyridine rings is 1. The van der Waals surface area contributed by atoms with E-state index in [0.29, 0.717) is 23.6 Å². The molecule has 1 aromatic carbocycles. The largest absolute Gasteiger partial charge is 0.496 e. The van der Waals surface area contributed by atoms with Crippen LogP contribution in [-0.4, -0.2) is 30.9 Å². The van der Waals surface area contributed by atoms with E-state index in [9.17, 15) is 9.50 Å². The van der Waals surface area contributed by atoms with E-state index in [1.54, 1.807) is 31.3 Å². The minimum absolute atomic E-state index is 0.143. The molecule has 0 fully saturated rings. The maximum Gasteiger partial charge on any atom is 0.167 e. The first-order valence-electron chi connectivity index (χ1n) is 7.03. The Balaban J connectivity index is 2.06. The fourth-order valence-electron chi connectivity index (χ4n) is 2.88. The van der Waals surface area contributed by atoms with Crippen molar-refractivity contribution < 1.29 is 19.0 Å². The molecule has 1 N–H and O–H groups in total. The summed E-state index contributed by atoms with van der Waals surface area (Å²) in [6.45, 7) is 0.542. The topological polar surface area (TPSA) is 54.8 Å². The number of hydrogen-bond donors (Lipinski definition) is 1. The van der Waals surface area contributed by atoms with Gasteiger partial charge in [-0.1, -0.05) is 11.6 Å². The summed E-state index contributed by atoms with van der Waals surface area (Å²) in [5, 5.41) is 10.7. The second kappa shape index (κ2) is 6.22. The molecule has 7 heteroatoms. The molecule has 1 aliphatic heterocycles. The summed E-state index contributed by atoms with van der Waals surface area (Å²) in [4.78, 5) is 5.70. The molecule has 0 spiro atoms. The van der Waals surface area contributed by atoms with Crippen LogP contribution in [-0.2, 0) is 6.54 Å². The van der Waals surface area contributed by atoms with Gasteiger partial charge in [-0.2, -0.15) is 0 Å². The van der Waals surface area contributed by atoms with Gasteiger partial charge in [0.2, 0.25) is 0 Å². The molecule has 0 saturated heterocycles. The smallest absolute Gasteiger partial charge is 0.167 e. The van der Waals surface area contributed by atoms with Crippen LogP contribution in [0.4, 0.5) is 10.2 Å². The van der Waals surface area contributed by atoms with Crippen molar-refractivity contribution in [1.29, 1.82) is 0 Å². The molecule has 0 radical (unpaired) electrons. The Kier molecular flexibility index (Phi) is 4.28. The fraction of sp³-hybridized carbons (Fsp3) is 0.312. The van der Waals surface area contributed by atoms with Crippen LogP contribution in [0.25, 0.3) is 0 Å². The summed E-state index contributed by atoms with van der Waals surface area (Å²) in [6.07, 6.45) is 0.533. The van der Waals surface area contributed by atoms with Crippen LogP contribution < -0.4 is 14.4 Å². The van der Waals surface area contributed by atoms with E-state index in [2.05, 4.69) is 4.98 Å². The zero-order chi connectivity index (χ0) is 16.6. The Labute approximate surface area is 138 Å². The summed E-state index contributed by atoms with van der Waals surface area (Å²) in [5.74, 6) is 0.801. The minimum Gasteiger partial charge on any atom is -0.496 e. The van der Waals surface area contributed by atoms with E-state index in [4.69, 9.17) is 21.1 Å². The first-order chi connectivity index (χ1) is 11.0. The Bertz CT molecular complexity index is 742. The Morgan fingerprint density at radius 2 is 2.00 bits per heavy atom. The molecule has 1 aliphatic rings. The SMILES string of the molecule is COc1ccc(OC)c2c1CN(c1ncc(Cl)cc1F)C[C@@H]2O. The number of halogens is 2. The molecule has 0 amide bonds. The van der Waals surface area contributed by atoms with Crippen LogP contribution in [0.5, 0.6) is 11.5 Å². The van der Waals surface area contributed by atoms with Crippen molar-refractivity contribution in [2.24, 2.45) is 0 Å². The summed E-state index contributed by atoms with van der Waals surface area (Å²) >= 11 is 5.75. The molecular formula is C16H16ClFN2O3. The zero-order valence-corrected chi connectivity index (χ0v) is 13.5. The lowest BCUT2D eigenvalue weighted by molar-refractivity contribution is 0.169. The van der Waals surface area contributed by atoms with E-state index in [0.717, 1.165) is 5.56 Å². The Morgan fingerprint density at radius 3 is 2.65 bits per heavy atom. The highest BCUT2D eigenvalue weighted by molar-refractivity contribution is 6.30. The lowest BCUT2D eigenvalue weighted by Crippen LogP contribution is -2.35. The lowest BCUT2D eigenvalue weighted by atomic mass is 9.95. The summed E-state index contributed by atoms with van der Waals surface area (Å²) in [5.41, 5.74) is 1.42.